The summed E-state index contributed by atoms with van der Waals surface area (Å²) in [4.78, 5) is 10.3. The van der Waals surface area contributed by atoms with Crippen LogP contribution in [0.2, 0.25) is 0 Å². The van der Waals surface area contributed by atoms with Crippen molar-refractivity contribution in [1.82, 2.24) is 15.3 Å². The van der Waals surface area contributed by atoms with Crippen LogP contribution in [0, 0.1) is 0 Å². The number of hydrogen-bond acceptors (Lipinski definition) is 4. The number of nitrogens with zero attached hydrogens (tertiary/aromatic N) is 3. The Kier molecular flexibility index (Phi) is 6.53. The van der Waals surface area contributed by atoms with E-state index in [9.17, 15) is 0 Å². The van der Waals surface area contributed by atoms with Crippen LogP contribution in [0.1, 0.15) is 0 Å². The minimum absolute atomic E-state index is 0. The number of halogens is 2. The van der Waals surface area contributed by atoms with Gasteiger partial charge in [-0.05, 0) is 6.07 Å². The molecule has 2 rings (SSSR count). The summed E-state index contributed by atoms with van der Waals surface area (Å²) < 4.78 is 0. The van der Waals surface area contributed by atoms with Gasteiger partial charge in [-0.25, -0.2) is 9.97 Å². The Morgan fingerprint density at radius 2 is 1.93 bits per heavy atom. The molecule has 14 heavy (non-hydrogen) atoms. The van der Waals surface area contributed by atoms with Crippen LogP contribution >= 0.6 is 24.8 Å². The third-order valence-corrected chi connectivity index (χ3v) is 2.01. The zero-order valence-corrected chi connectivity index (χ0v) is 9.35. The molecule has 0 amide bonds. The second-order valence-corrected chi connectivity index (χ2v) is 2.80. The van der Waals surface area contributed by atoms with Crippen molar-refractivity contribution in [1.29, 1.82) is 0 Å². The Labute approximate surface area is 95.9 Å². The van der Waals surface area contributed by atoms with E-state index >= 15 is 0 Å². The highest BCUT2D eigenvalue weighted by molar-refractivity contribution is 5.85. The van der Waals surface area contributed by atoms with Gasteiger partial charge in [0.25, 0.3) is 0 Å². The molecule has 2 heterocycles. The van der Waals surface area contributed by atoms with E-state index in [0.29, 0.717) is 0 Å². The first-order chi connectivity index (χ1) is 5.97. The molecule has 1 saturated heterocycles. The Hall–Kier alpha value is -0.580. The average Bonchev–Trinajstić information content (AvgIpc) is 2.21. The molecule has 1 fully saturated rings. The highest BCUT2D eigenvalue weighted by atomic mass is 35.5. The Balaban J connectivity index is 0.000000845. The number of rotatable bonds is 1. The summed E-state index contributed by atoms with van der Waals surface area (Å²) >= 11 is 0. The van der Waals surface area contributed by atoms with Crippen molar-refractivity contribution in [2.75, 3.05) is 31.1 Å². The Morgan fingerprint density at radius 3 is 2.50 bits per heavy atom. The maximum atomic E-state index is 4.19. The van der Waals surface area contributed by atoms with Crippen LogP contribution in [-0.4, -0.2) is 36.1 Å². The number of hydrogen-bond donors (Lipinski definition) is 1. The fraction of sp³-hybridized carbons (Fsp3) is 0.500. The van der Waals surface area contributed by atoms with Crippen LogP contribution in [0.4, 0.5) is 5.82 Å². The molecule has 0 aliphatic carbocycles. The van der Waals surface area contributed by atoms with Crippen molar-refractivity contribution < 1.29 is 0 Å². The lowest BCUT2D eigenvalue weighted by Crippen LogP contribution is -2.43. The van der Waals surface area contributed by atoms with Crippen molar-refractivity contribution in [3.63, 3.8) is 0 Å². The second-order valence-electron chi connectivity index (χ2n) is 2.80. The number of piperazine rings is 1. The third kappa shape index (κ3) is 3.29. The van der Waals surface area contributed by atoms with E-state index in [4.69, 9.17) is 0 Å². The normalized spacial score (nSPS) is 15.3. The van der Waals surface area contributed by atoms with Gasteiger partial charge in [-0.3, -0.25) is 0 Å². The van der Waals surface area contributed by atoms with E-state index in [-0.39, 0.29) is 24.8 Å². The van der Waals surface area contributed by atoms with Crippen molar-refractivity contribution in [2.45, 2.75) is 0 Å². The fourth-order valence-electron chi connectivity index (χ4n) is 1.36. The molecule has 6 heteroatoms. The fourth-order valence-corrected chi connectivity index (χ4v) is 1.36. The molecule has 1 aromatic rings. The summed E-state index contributed by atoms with van der Waals surface area (Å²) in [5, 5.41) is 3.30. The van der Waals surface area contributed by atoms with Crippen LogP contribution in [0.15, 0.2) is 18.6 Å². The predicted octanol–water partition coefficient (Wildman–Crippen LogP) is 0.730. The molecule has 0 spiro atoms. The lowest BCUT2D eigenvalue weighted by Gasteiger charge is -2.27. The predicted molar refractivity (Wildman–Crippen MR) is 61.6 cm³/mol. The van der Waals surface area contributed by atoms with E-state index in [2.05, 4.69) is 20.2 Å². The first kappa shape index (κ1) is 13.4. The molecular weight excluding hydrogens is 223 g/mol. The zero-order valence-electron chi connectivity index (χ0n) is 7.72. The second kappa shape index (κ2) is 6.81. The molecule has 0 atom stereocenters. The molecule has 0 aromatic carbocycles. The lowest BCUT2D eigenvalue weighted by molar-refractivity contribution is 0.584. The minimum atomic E-state index is 0. The zero-order chi connectivity index (χ0) is 8.23. The highest BCUT2D eigenvalue weighted by Gasteiger charge is 2.09. The number of nitrogens with one attached hydrogen (secondary N) is 1. The SMILES string of the molecule is Cl.Cl.c1cc(N2CCNCC2)ncn1. The average molecular weight is 237 g/mol. The molecule has 0 bridgehead atoms. The molecule has 1 aliphatic heterocycles. The summed E-state index contributed by atoms with van der Waals surface area (Å²) in [6, 6.07) is 1.95. The molecular formula is C8H14Cl2N4. The summed E-state index contributed by atoms with van der Waals surface area (Å²) in [5.41, 5.74) is 0. The van der Waals surface area contributed by atoms with Crippen LogP contribution in [-0.2, 0) is 0 Å². The van der Waals surface area contributed by atoms with Gasteiger partial charge in [0.05, 0.1) is 0 Å². The van der Waals surface area contributed by atoms with E-state index in [0.717, 1.165) is 32.0 Å². The number of aromatic nitrogens is 2. The van der Waals surface area contributed by atoms with E-state index in [1.807, 2.05) is 6.07 Å². The topological polar surface area (TPSA) is 41.0 Å². The smallest absolute Gasteiger partial charge is 0.131 e. The minimum Gasteiger partial charge on any atom is -0.354 e. The summed E-state index contributed by atoms with van der Waals surface area (Å²) in [6.07, 6.45) is 3.38. The van der Waals surface area contributed by atoms with Crippen molar-refractivity contribution >= 4 is 30.6 Å². The van der Waals surface area contributed by atoms with E-state index < -0.39 is 0 Å². The van der Waals surface area contributed by atoms with Gasteiger partial charge < -0.3 is 10.2 Å². The van der Waals surface area contributed by atoms with Gasteiger partial charge in [-0.1, -0.05) is 0 Å². The van der Waals surface area contributed by atoms with Gasteiger partial charge in [0.15, 0.2) is 0 Å². The molecule has 1 aromatic heterocycles. The molecule has 0 unspecified atom stereocenters. The standard InChI is InChI=1S/C8H12N4.2ClH/c1-2-10-7-11-8(1)12-5-3-9-4-6-12;;/h1-2,7,9H,3-6H2;2*1H. The summed E-state index contributed by atoms with van der Waals surface area (Å²) in [6.45, 7) is 4.17. The monoisotopic (exact) mass is 236 g/mol. The van der Waals surface area contributed by atoms with Crippen molar-refractivity contribution in [3.05, 3.63) is 18.6 Å². The van der Waals surface area contributed by atoms with Gasteiger partial charge in [-0.2, -0.15) is 0 Å². The van der Waals surface area contributed by atoms with Crippen LogP contribution < -0.4 is 10.2 Å². The Morgan fingerprint density at radius 1 is 1.21 bits per heavy atom. The van der Waals surface area contributed by atoms with Crippen LogP contribution in [0.5, 0.6) is 0 Å². The van der Waals surface area contributed by atoms with Gasteiger partial charge >= 0.3 is 0 Å². The van der Waals surface area contributed by atoms with Crippen molar-refractivity contribution in [2.24, 2.45) is 0 Å². The first-order valence-corrected chi connectivity index (χ1v) is 4.18. The molecule has 0 saturated carbocycles. The van der Waals surface area contributed by atoms with Gasteiger partial charge in [-0.15, -0.1) is 24.8 Å². The Bertz CT molecular complexity index is 238. The first-order valence-electron chi connectivity index (χ1n) is 4.18. The molecule has 4 nitrogen and oxygen atoms in total. The van der Waals surface area contributed by atoms with Crippen molar-refractivity contribution in [3.8, 4) is 0 Å². The maximum Gasteiger partial charge on any atom is 0.131 e. The molecule has 0 radical (unpaired) electrons. The quantitative estimate of drug-likeness (QED) is 0.781. The van der Waals surface area contributed by atoms with Crippen LogP contribution in [0.25, 0.3) is 0 Å². The highest BCUT2D eigenvalue weighted by Crippen LogP contribution is 2.07. The molecule has 1 aliphatic rings. The van der Waals surface area contributed by atoms with Gasteiger partial charge in [0, 0.05) is 32.4 Å². The van der Waals surface area contributed by atoms with Gasteiger partial charge in [0.2, 0.25) is 0 Å². The lowest BCUT2D eigenvalue weighted by atomic mass is 10.3. The molecule has 1 N–H and O–H groups in total. The maximum absolute atomic E-state index is 4.19. The van der Waals surface area contributed by atoms with E-state index in [1.54, 1.807) is 12.5 Å². The van der Waals surface area contributed by atoms with Gasteiger partial charge in [0.1, 0.15) is 12.1 Å². The third-order valence-electron chi connectivity index (χ3n) is 2.01. The number of anilines is 1. The largest absolute Gasteiger partial charge is 0.354 e. The summed E-state index contributed by atoms with van der Waals surface area (Å²) in [5.74, 6) is 1.03. The molecule has 80 valence electrons. The van der Waals surface area contributed by atoms with Crippen LogP contribution in [0.3, 0.4) is 0 Å². The van der Waals surface area contributed by atoms with E-state index in [1.165, 1.54) is 0 Å². The summed E-state index contributed by atoms with van der Waals surface area (Å²) in [7, 11) is 0.